The fourth-order valence-corrected chi connectivity index (χ4v) is 2.49. The zero-order valence-corrected chi connectivity index (χ0v) is 10.8. The first kappa shape index (κ1) is 12.2. The molecule has 0 aromatic heterocycles. The van der Waals surface area contributed by atoms with E-state index in [1.165, 1.54) is 25.0 Å². The van der Waals surface area contributed by atoms with Crippen molar-refractivity contribution in [2.45, 2.75) is 25.7 Å². The largest absolute Gasteiger partial charge is 0.324 e. The van der Waals surface area contributed by atoms with Gasteiger partial charge in [0.25, 0.3) is 0 Å². The number of nitrogens with zero attached hydrogens (tertiary/aromatic N) is 1. The standard InChI is InChI=1S/C15H17FN2O/c16-13-3-5-14(6-4-13)17-15(19)18-9-7-12(8-10-18)11-1-2-11/h3-6H,1-2,7-10H2,(H,17,19). The first-order valence-electron chi connectivity index (χ1n) is 6.73. The molecule has 0 radical (unpaired) electrons. The van der Waals surface area contributed by atoms with Crippen LogP contribution in [0.5, 0.6) is 0 Å². The minimum absolute atomic E-state index is 0.0912. The summed E-state index contributed by atoms with van der Waals surface area (Å²) in [6.45, 7) is 1.57. The normalized spacial score (nSPS) is 18.5. The van der Waals surface area contributed by atoms with Gasteiger partial charge >= 0.3 is 6.03 Å². The van der Waals surface area contributed by atoms with E-state index in [1.54, 1.807) is 23.3 Å². The maximum absolute atomic E-state index is 12.8. The van der Waals surface area contributed by atoms with Gasteiger partial charge in [0, 0.05) is 18.8 Å². The average Bonchev–Trinajstić information content (AvgIpc) is 3.26. The molecular formula is C15H17FN2O. The van der Waals surface area contributed by atoms with E-state index in [0.717, 1.165) is 25.9 Å². The summed E-state index contributed by atoms with van der Waals surface area (Å²) >= 11 is 0. The molecule has 2 amide bonds. The van der Waals surface area contributed by atoms with Crippen molar-refractivity contribution < 1.29 is 9.18 Å². The minimum Gasteiger partial charge on any atom is -0.324 e. The molecule has 1 aromatic carbocycles. The predicted molar refractivity (Wildman–Crippen MR) is 72.5 cm³/mol. The van der Waals surface area contributed by atoms with E-state index >= 15 is 0 Å². The second-order valence-corrected chi connectivity index (χ2v) is 5.13. The molecule has 0 unspecified atom stereocenters. The molecule has 1 saturated heterocycles. The summed E-state index contributed by atoms with van der Waals surface area (Å²) in [7, 11) is 0. The highest BCUT2D eigenvalue weighted by molar-refractivity contribution is 5.89. The molecule has 19 heavy (non-hydrogen) atoms. The summed E-state index contributed by atoms with van der Waals surface area (Å²) < 4.78 is 12.8. The summed E-state index contributed by atoms with van der Waals surface area (Å²) in [5.74, 6) is -0.295. The van der Waals surface area contributed by atoms with Crippen molar-refractivity contribution in [3.8, 4) is 0 Å². The average molecular weight is 260 g/mol. The van der Waals surface area contributed by atoms with Crippen molar-refractivity contribution in [3.05, 3.63) is 41.2 Å². The molecule has 3 nitrogen and oxygen atoms in total. The lowest BCUT2D eigenvalue weighted by Crippen LogP contribution is -2.39. The van der Waals surface area contributed by atoms with Crippen LogP contribution in [0.4, 0.5) is 14.9 Å². The molecule has 1 aliphatic carbocycles. The van der Waals surface area contributed by atoms with Crippen LogP contribution in [0, 0.1) is 5.82 Å². The van der Waals surface area contributed by atoms with Crippen molar-refractivity contribution >= 4 is 11.7 Å². The molecule has 1 aromatic rings. The van der Waals surface area contributed by atoms with Crippen molar-refractivity contribution in [3.63, 3.8) is 0 Å². The van der Waals surface area contributed by atoms with Crippen molar-refractivity contribution in [2.24, 2.45) is 0 Å². The lowest BCUT2D eigenvalue weighted by molar-refractivity contribution is 0.207. The highest BCUT2D eigenvalue weighted by atomic mass is 19.1. The number of hydrogen-bond donors (Lipinski definition) is 1. The Morgan fingerprint density at radius 1 is 1.00 bits per heavy atom. The fraction of sp³-hybridized carbons (Fsp3) is 0.400. The Bertz CT molecular complexity index is 505. The number of carbonyl (C=O) groups excluding carboxylic acids is 1. The molecule has 4 heteroatoms. The summed E-state index contributed by atoms with van der Waals surface area (Å²) in [6, 6.07) is 5.76. The van der Waals surface area contributed by atoms with Crippen molar-refractivity contribution in [1.82, 2.24) is 4.90 Å². The molecule has 0 atom stereocenters. The highest BCUT2D eigenvalue weighted by Gasteiger charge is 2.24. The number of rotatable bonds is 1. The van der Waals surface area contributed by atoms with E-state index in [0.29, 0.717) is 5.69 Å². The third-order valence-electron chi connectivity index (χ3n) is 3.75. The lowest BCUT2D eigenvalue weighted by Gasteiger charge is -2.28. The van der Waals surface area contributed by atoms with E-state index in [9.17, 15) is 9.18 Å². The summed E-state index contributed by atoms with van der Waals surface area (Å²) in [4.78, 5) is 13.9. The number of piperidine rings is 1. The Kier molecular flexibility index (Phi) is 3.23. The van der Waals surface area contributed by atoms with Crippen LogP contribution in [0.3, 0.4) is 0 Å². The fourth-order valence-electron chi connectivity index (χ4n) is 2.49. The number of halogens is 1. The number of hydrogen-bond acceptors (Lipinski definition) is 1. The molecule has 0 bridgehead atoms. The molecular weight excluding hydrogens is 243 g/mol. The molecule has 100 valence electrons. The monoisotopic (exact) mass is 260 g/mol. The third-order valence-corrected chi connectivity index (χ3v) is 3.75. The number of likely N-dealkylation sites (tertiary alicyclic amines) is 1. The van der Waals surface area contributed by atoms with Gasteiger partial charge in [-0.2, -0.15) is 0 Å². The number of nitrogens with one attached hydrogen (secondary N) is 1. The maximum Gasteiger partial charge on any atom is 0.321 e. The molecule has 1 N–H and O–H groups in total. The van der Waals surface area contributed by atoms with Gasteiger partial charge in [0.15, 0.2) is 0 Å². The number of urea groups is 1. The second-order valence-electron chi connectivity index (χ2n) is 5.13. The third kappa shape index (κ3) is 2.95. The zero-order valence-electron chi connectivity index (χ0n) is 10.8. The van der Waals surface area contributed by atoms with E-state index in [-0.39, 0.29) is 11.8 Å². The summed E-state index contributed by atoms with van der Waals surface area (Å²) in [6.07, 6.45) is 4.53. The number of allylic oxidation sites excluding steroid dienone is 1. The van der Waals surface area contributed by atoms with Gasteiger partial charge in [-0.15, -0.1) is 0 Å². The summed E-state index contributed by atoms with van der Waals surface area (Å²) in [5, 5.41) is 2.80. The topological polar surface area (TPSA) is 32.3 Å². The van der Waals surface area contributed by atoms with Crippen molar-refractivity contribution in [2.75, 3.05) is 18.4 Å². The predicted octanol–water partition coefficient (Wildman–Crippen LogP) is 3.54. The van der Waals surface area contributed by atoms with Gasteiger partial charge in [0.2, 0.25) is 0 Å². The van der Waals surface area contributed by atoms with E-state index < -0.39 is 0 Å². The lowest BCUT2D eigenvalue weighted by atomic mass is 10.0. The van der Waals surface area contributed by atoms with Crippen LogP contribution in [0.25, 0.3) is 0 Å². The van der Waals surface area contributed by atoms with Crippen LogP contribution >= 0.6 is 0 Å². The first-order chi connectivity index (χ1) is 9.22. The molecule has 3 rings (SSSR count). The van der Waals surface area contributed by atoms with Crippen LogP contribution in [0.15, 0.2) is 35.4 Å². The van der Waals surface area contributed by atoms with Gasteiger partial charge in [-0.3, -0.25) is 0 Å². The second kappa shape index (κ2) is 5.03. The maximum atomic E-state index is 12.8. The van der Waals surface area contributed by atoms with Gasteiger partial charge in [-0.25, -0.2) is 9.18 Å². The number of anilines is 1. The Hall–Kier alpha value is -1.84. The van der Waals surface area contributed by atoms with Crippen LogP contribution < -0.4 is 5.32 Å². The van der Waals surface area contributed by atoms with E-state index in [4.69, 9.17) is 0 Å². The van der Waals surface area contributed by atoms with Crippen LogP contribution in [-0.2, 0) is 0 Å². The van der Waals surface area contributed by atoms with Gasteiger partial charge in [-0.1, -0.05) is 11.1 Å². The molecule has 1 aliphatic heterocycles. The van der Waals surface area contributed by atoms with Crippen LogP contribution in [-0.4, -0.2) is 24.0 Å². The summed E-state index contributed by atoms with van der Waals surface area (Å²) in [5.41, 5.74) is 3.81. The van der Waals surface area contributed by atoms with E-state index in [2.05, 4.69) is 5.32 Å². The zero-order chi connectivity index (χ0) is 13.2. The Labute approximate surface area is 112 Å². The number of benzene rings is 1. The van der Waals surface area contributed by atoms with Gasteiger partial charge in [0.1, 0.15) is 5.82 Å². The smallest absolute Gasteiger partial charge is 0.321 e. The van der Waals surface area contributed by atoms with Gasteiger partial charge in [0.05, 0.1) is 0 Å². The molecule has 1 saturated carbocycles. The van der Waals surface area contributed by atoms with Crippen LogP contribution in [0.1, 0.15) is 25.7 Å². The quantitative estimate of drug-likeness (QED) is 0.769. The molecule has 1 heterocycles. The Morgan fingerprint density at radius 3 is 2.16 bits per heavy atom. The minimum atomic E-state index is -0.295. The van der Waals surface area contributed by atoms with Gasteiger partial charge in [-0.05, 0) is 49.9 Å². The van der Waals surface area contributed by atoms with Crippen molar-refractivity contribution in [1.29, 1.82) is 0 Å². The Morgan fingerprint density at radius 2 is 1.58 bits per heavy atom. The number of amides is 2. The highest BCUT2D eigenvalue weighted by Crippen LogP contribution is 2.36. The Balaban J connectivity index is 1.56. The SMILES string of the molecule is O=C(Nc1ccc(F)cc1)N1CCC(=C2CC2)CC1. The van der Waals surface area contributed by atoms with Crippen LogP contribution in [0.2, 0.25) is 0 Å². The number of carbonyl (C=O) groups is 1. The molecule has 2 fully saturated rings. The first-order valence-corrected chi connectivity index (χ1v) is 6.73. The van der Waals surface area contributed by atoms with E-state index in [1.807, 2.05) is 4.90 Å². The molecule has 0 spiro atoms. The van der Waals surface area contributed by atoms with Gasteiger partial charge < -0.3 is 10.2 Å². The molecule has 2 aliphatic rings.